The quantitative estimate of drug-likeness (QED) is 0.464. The number of nitrogens with one attached hydrogen (secondary N) is 1. The highest BCUT2D eigenvalue weighted by atomic mass is 32.2. The van der Waals surface area contributed by atoms with Gasteiger partial charge in [-0.2, -0.15) is 5.10 Å². The van der Waals surface area contributed by atoms with E-state index in [9.17, 15) is 14.9 Å². The number of hydrogen-bond acceptors (Lipinski definition) is 7. The molecule has 0 aliphatic heterocycles. The van der Waals surface area contributed by atoms with E-state index in [4.69, 9.17) is 4.98 Å². The fourth-order valence-electron chi connectivity index (χ4n) is 4.48. The van der Waals surface area contributed by atoms with E-state index < -0.39 is 4.92 Å². The van der Waals surface area contributed by atoms with Crippen LogP contribution in [0.5, 0.6) is 0 Å². The molecule has 0 spiro atoms. The smallest absolute Gasteiger partial charge is 0.292 e. The lowest BCUT2D eigenvalue weighted by Gasteiger charge is -2.33. The number of anilines is 1. The van der Waals surface area contributed by atoms with E-state index >= 15 is 0 Å². The molecular weight excluding hydrogens is 378 g/mol. The number of nitrogens with zero attached hydrogens (tertiary/aromatic N) is 4. The van der Waals surface area contributed by atoms with Crippen molar-refractivity contribution in [1.29, 1.82) is 0 Å². The zero-order chi connectivity index (χ0) is 20.1. The topological polar surface area (TPSA) is 111 Å². The summed E-state index contributed by atoms with van der Waals surface area (Å²) < 4.78 is 0. The highest BCUT2D eigenvalue weighted by Gasteiger charge is 2.61. The number of rotatable bonds is 5. The molecule has 1 aromatic heterocycles. The molecule has 9 heteroatoms. The zero-order valence-electron chi connectivity index (χ0n) is 15.9. The summed E-state index contributed by atoms with van der Waals surface area (Å²) in [5, 5.41) is 22.7. The van der Waals surface area contributed by atoms with Gasteiger partial charge in [0.2, 0.25) is 11.1 Å². The largest absolute Gasteiger partial charge is 0.320 e. The van der Waals surface area contributed by atoms with Crippen LogP contribution in [0.1, 0.15) is 50.9 Å². The van der Waals surface area contributed by atoms with Gasteiger partial charge in [-0.3, -0.25) is 14.9 Å². The van der Waals surface area contributed by atoms with Gasteiger partial charge < -0.3 is 5.32 Å². The van der Waals surface area contributed by atoms with Crippen LogP contribution in [0.15, 0.2) is 29.4 Å². The van der Waals surface area contributed by atoms with Crippen LogP contribution in [0.25, 0.3) is 0 Å². The van der Waals surface area contributed by atoms with Crippen molar-refractivity contribution in [2.24, 2.45) is 5.41 Å². The predicted octanol–water partition coefficient (Wildman–Crippen LogP) is 3.69. The van der Waals surface area contributed by atoms with Crippen molar-refractivity contribution in [3.63, 3.8) is 0 Å². The van der Waals surface area contributed by atoms with Crippen molar-refractivity contribution in [2.45, 2.75) is 50.1 Å². The van der Waals surface area contributed by atoms with Gasteiger partial charge in [-0.15, -0.1) is 5.10 Å². The number of nitro groups is 1. The van der Waals surface area contributed by atoms with Gasteiger partial charge in [-0.05, 0) is 24.3 Å². The molecule has 1 N–H and O–H groups in total. The zero-order valence-corrected chi connectivity index (χ0v) is 16.7. The molecule has 2 aliphatic carbocycles. The molecule has 2 atom stereocenters. The fourth-order valence-corrected chi connectivity index (χ4v) is 5.07. The lowest BCUT2D eigenvalue weighted by molar-refractivity contribution is -0.383. The highest BCUT2D eigenvalue weighted by molar-refractivity contribution is 7.99. The molecule has 2 bridgehead atoms. The summed E-state index contributed by atoms with van der Waals surface area (Å²) in [6, 6.07) is 6.06. The Balaban J connectivity index is 1.46. The van der Waals surface area contributed by atoms with E-state index in [0.717, 1.165) is 24.2 Å². The molecule has 1 aromatic carbocycles. The van der Waals surface area contributed by atoms with E-state index in [2.05, 4.69) is 36.3 Å². The Labute approximate surface area is 166 Å². The third kappa shape index (κ3) is 2.76. The average Bonchev–Trinajstić information content (AvgIpc) is 2.99. The van der Waals surface area contributed by atoms with Crippen molar-refractivity contribution in [1.82, 2.24) is 15.2 Å². The minimum atomic E-state index is -0.520. The van der Waals surface area contributed by atoms with Gasteiger partial charge in [0.1, 0.15) is 5.69 Å². The van der Waals surface area contributed by atoms with Crippen molar-refractivity contribution in [2.75, 3.05) is 11.1 Å². The monoisotopic (exact) mass is 399 g/mol. The van der Waals surface area contributed by atoms with Crippen molar-refractivity contribution in [3.8, 4) is 0 Å². The van der Waals surface area contributed by atoms with Crippen LogP contribution in [-0.4, -0.2) is 31.8 Å². The number of thioether (sulfide) groups is 1. The predicted molar refractivity (Wildman–Crippen MR) is 105 cm³/mol. The summed E-state index contributed by atoms with van der Waals surface area (Å²) in [6.45, 7) is 6.77. The average molecular weight is 399 g/mol. The number of aromatic nitrogens is 3. The first-order chi connectivity index (χ1) is 13.2. The third-order valence-corrected chi connectivity index (χ3v) is 7.32. The summed E-state index contributed by atoms with van der Waals surface area (Å²) >= 11 is 1.19. The van der Waals surface area contributed by atoms with E-state index in [0.29, 0.717) is 11.1 Å². The number of nitro benzene ring substituents is 1. The molecule has 0 saturated heterocycles. The van der Waals surface area contributed by atoms with Crippen LogP contribution in [0.2, 0.25) is 0 Å². The summed E-state index contributed by atoms with van der Waals surface area (Å²) in [5.41, 5.74) is 2.12. The molecule has 28 heavy (non-hydrogen) atoms. The molecule has 0 unspecified atom stereocenters. The molecule has 146 valence electrons. The lowest BCUT2D eigenvalue weighted by Crippen LogP contribution is -2.32. The van der Waals surface area contributed by atoms with Gasteiger partial charge in [-0.25, -0.2) is 4.98 Å². The van der Waals surface area contributed by atoms with Crippen LogP contribution in [-0.2, 0) is 10.2 Å². The van der Waals surface area contributed by atoms with Crippen LogP contribution in [0.3, 0.4) is 0 Å². The minimum absolute atomic E-state index is 0.0227. The SMILES string of the molecule is CC1(C)[C@@H]2CC[C@@]1(C)c1nc(SCC(=O)Nc3ccccc3[N+](=O)[O-])nnc12. The second-order valence-corrected chi connectivity index (χ2v) is 9.03. The number of para-hydroxylation sites is 2. The standard InChI is InChI=1S/C19H21N5O3S/c1-18(2)11-8-9-19(18,3)16-15(11)22-23-17(21-16)28-10-14(25)20-12-6-4-5-7-13(12)24(26)27/h4-7,11H,8-10H2,1-3H3,(H,20,25)/t11-,19+/m1/s1. The van der Waals surface area contributed by atoms with Gasteiger partial charge in [-0.1, -0.05) is 44.7 Å². The lowest BCUT2D eigenvalue weighted by atomic mass is 9.70. The van der Waals surface area contributed by atoms with E-state index in [1.807, 2.05) is 0 Å². The van der Waals surface area contributed by atoms with Gasteiger partial charge in [0, 0.05) is 17.4 Å². The first kappa shape index (κ1) is 18.8. The second kappa shape index (κ2) is 6.51. The Morgan fingerprint density at radius 1 is 1.32 bits per heavy atom. The fraction of sp³-hybridized carbons (Fsp3) is 0.474. The summed E-state index contributed by atoms with van der Waals surface area (Å²) in [6.07, 6.45) is 2.19. The molecule has 1 fully saturated rings. The Hall–Kier alpha value is -2.55. The van der Waals surface area contributed by atoms with Crippen molar-refractivity contribution in [3.05, 3.63) is 45.8 Å². The number of hydrogen-bond donors (Lipinski definition) is 1. The number of carbonyl (C=O) groups is 1. The van der Waals surface area contributed by atoms with Crippen LogP contribution in [0, 0.1) is 15.5 Å². The third-order valence-electron chi connectivity index (χ3n) is 6.48. The molecular formula is C19H21N5O3S. The van der Waals surface area contributed by atoms with E-state index in [1.165, 1.54) is 23.9 Å². The maximum atomic E-state index is 12.3. The van der Waals surface area contributed by atoms with Gasteiger partial charge >= 0.3 is 0 Å². The minimum Gasteiger partial charge on any atom is -0.320 e. The Kier molecular flexibility index (Phi) is 4.37. The number of carbonyl (C=O) groups excluding carboxylic acids is 1. The molecule has 2 aliphatic rings. The van der Waals surface area contributed by atoms with Crippen LogP contribution >= 0.6 is 11.8 Å². The molecule has 1 saturated carbocycles. The first-order valence-corrected chi connectivity index (χ1v) is 10.1. The Morgan fingerprint density at radius 3 is 2.82 bits per heavy atom. The summed E-state index contributed by atoms with van der Waals surface area (Å²) in [7, 11) is 0. The van der Waals surface area contributed by atoms with Gasteiger partial charge in [0.25, 0.3) is 5.69 Å². The first-order valence-electron chi connectivity index (χ1n) is 9.15. The normalized spacial score (nSPS) is 24.0. The molecule has 4 rings (SSSR count). The van der Waals surface area contributed by atoms with Gasteiger partial charge in [0.15, 0.2) is 0 Å². The van der Waals surface area contributed by atoms with Crippen molar-refractivity contribution >= 4 is 29.0 Å². The molecule has 0 radical (unpaired) electrons. The van der Waals surface area contributed by atoms with Gasteiger partial charge in [0.05, 0.1) is 22.1 Å². The molecule has 1 amide bonds. The number of benzene rings is 1. The van der Waals surface area contributed by atoms with Crippen LogP contribution in [0.4, 0.5) is 11.4 Å². The molecule has 8 nitrogen and oxygen atoms in total. The maximum absolute atomic E-state index is 12.3. The van der Waals surface area contributed by atoms with E-state index in [-0.39, 0.29) is 33.9 Å². The molecule has 1 heterocycles. The van der Waals surface area contributed by atoms with Crippen LogP contribution < -0.4 is 5.32 Å². The Bertz CT molecular complexity index is 980. The maximum Gasteiger partial charge on any atom is 0.292 e. The van der Waals surface area contributed by atoms with Crippen molar-refractivity contribution < 1.29 is 9.72 Å². The summed E-state index contributed by atoms with van der Waals surface area (Å²) in [5.74, 6) is 0.0840. The van der Waals surface area contributed by atoms with E-state index in [1.54, 1.807) is 12.1 Å². The summed E-state index contributed by atoms with van der Waals surface area (Å²) in [4.78, 5) is 27.5. The highest BCUT2D eigenvalue weighted by Crippen LogP contribution is 2.66. The second-order valence-electron chi connectivity index (χ2n) is 8.08. The number of fused-ring (bicyclic) bond motifs is 5. The number of amides is 1. The Morgan fingerprint density at radius 2 is 2.07 bits per heavy atom. The molecule has 2 aromatic rings.